The zero-order valence-corrected chi connectivity index (χ0v) is 10.6. The number of anilines is 1. The van der Waals surface area contributed by atoms with E-state index < -0.39 is 0 Å². The van der Waals surface area contributed by atoms with Gasteiger partial charge in [0.1, 0.15) is 0 Å². The number of nitrogens with one attached hydrogen (secondary N) is 1. The number of aromatic nitrogens is 3. The van der Waals surface area contributed by atoms with Gasteiger partial charge in [0.2, 0.25) is 0 Å². The van der Waals surface area contributed by atoms with Crippen molar-refractivity contribution in [3.63, 3.8) is 0 Å². The predicted molar refractivity (Wildman–Crippen MR) is 72.5 cm³/mol. The lowest BCUT2D eigenvalue weighted by Gasteiger charge is -2.07. The normalized spacial score (nSPS) is 10.6. The van der Waals surface area contributed by atoms with Crippen molar-refractivity contribution >= 4 is 5.69 Å². The summed E-state index contributed by atoms with van der Waals surface area (Å²) >= 11 is 0. The Labute approximate surface area is 110 Å². The maximum atomic E-state index is 5.25. The second-order valence-corrected chi connectivity index (χ2v) is 4.29. The molecule has 0 atom stereocenters. The Kier molecular flexibility index (Phi) is 3.02. The van der Waals surface area contributed by atoms with Crippen molar-refractivity contribution in [2.24, 2.45) is 7.05 Å². The zero-order chi connectivity index (χ0) is 13.1. The number of benzene rings is 1. The van der Waals surface area contributed by atoms with Crippen molar-refractivity contribution < 1.29 is 4.42 Å². The van der Waals surface area contributed by atoms with Crippen molar-refractivity contribution in [3.05, 3.63) is 55.1 Å². The highest BCUT2D eigenvalue weighted by Crippen LogP contribution is 2.20. The second kappa shape index (κ2) is 4.97. The van der Waals surface area contributed by atoms with Crippen LogP contribution in [0.4, 0.5) is 5.69 Å². The zero-order valence-electron chi connectivity index (χ0n) is 10.6. The maximum absolute atomic E-state index is 5.25. The number of oxazole rings is 1. The Morgan fingerprint density at radius 3 is 2.63 bits per heavy atom. The molecule has 1 aromatic carbocycles. The fourth-order valence-corrected chi connectivity index (χ4v) is 1.86. The smallest absolute Gasteiger partial charge is 0.181 e. The molecule has 0 aliphatic heterocycles. The molecule has 0 saturated heterocycles. The van der Waals surface area contributed by atoms with Crippen LogP contribution >= 0.6 is 0 Å². The molecule has 2 aromatic heterocycles. The van der Waals surface area contributed by atoms with E-state index in [2.05, 4.69) is 15.3 Å². The van der Waals surface area contributed by atoms with Gasteiger partial charge in [-0.3, -0.25) is 0 Å². The van der Waals surface area contributed by atoms with Gasteiger partial charge in [0.05, 0.1) is 24.8 Å². The second-order valence-electron chi connectivity index (χ2n) is 4.29. The van der Waals surface area contributed by atoms with Gasteiger partial charge in [0.15, 0.2) is 12.2 Å². The first-order valence-electron chi connectivity index (χ1n) is 6.01. The first kappa shape index (κ1) is 11.5. The third kappa shape index (κ3) is 2.49. The molecule has 3 rings (SSSR count). The number of hydrogen-bond acceptors (Lipinski definition) is 4. The van der Waals surface area contributed by atoms with Crippen molar-refractivity contribution in [1.29, 1.82) is 0 Å². The highest BCUT2D eigenvalue weighted by molar-refractivity contribution is 5.60. The van der Waals surface area contributed by atoms with Crippen molar-refractivity contribution in [2.75, 3.05) is 5.32 Å². The molecule has 0 unspecified atom stereocenters. The summed E-state index contributed by atoms with van der Waals surface area (Å²) in [6.07, 6.45) is 6.79. The van der Waals surface area contributed by atoms with Crippen molar-refractivity contribution in [1.82, 2.24) is 14.5 Å². The molecule has 1 N–H and O–H groups in total. The van der Waals surface area contributed by atoms with Crippen LogP contribution in [0.3, 0.4) is 0 Å². The summed E-state index contributed by atoms with van der Waals surface area (Å²) in [5.41, 5.74) is 3.22. The molecule has 0 aliphatic rings. The van der Waals surface area contributed by atoms with Crippen LogP contribution in [0, 0.1) is 0 Å². The van der Waals surface area contributed by atoms with E-state index in [4.69, 9.17) is 4.42 Å². The molecule has 5 nitrogen and oxygen atoms in total. The molecular weight excluding hydrogens is 240 g/mol. The van der Waals surface area contributed by atoms with Gasteiger partial charge in [-0.1, -0.05) is 0 Å². The van der Waals surface area contributed by atoms with E-state index in [1.54, 1.807) is 12.5 Å². The van der Waals surface area contributed by atoms with Crippen LogP contribution in [0.25, 0.3) is 11.3 Å². The first-order valence-corrected chi connectivity index (χ1v) is 6.01. The Hall–Kier alpha value is -2.56. The van der Waals surface area contributed by atoms with Gasteiger partial charge in [0, 0.05) is 24.5 Å². The molecule has 0 saturated carbocycles. The van der Waals surface area contributed by atoms with Crippen LogP contribution in [0.5, 0.6) is 0 Å². The van der Waals surface area contributed by atoms with Crippen LogP contribution in [0.2, 0.25) is 0 Å². The van der Waals surface area contributed by atoms with Gasteiger partial charge in [0.25, 0.3) is 0 Å². The lowest BCUT2D eigenvalue weighted by Crippen LogP contribution is -2.03. The average Bonchev–Trinajstić information content (AvgIpc) is 3.09. The highest BCUT2D eigenvalue weighted by atomic mass is 16.3. The summed E-state index contributed by atoms with van der Waals surface area (Å²) in [7, 11) is 1.98. The number of imidazole rings is 1. The van der Waals surface area contributed by atoms with Crippen LogP contribution in [0.15, 0.2) is 53.8 Å². The molecule has 0 fully saturated rings. The van der Waals surface area contributed by atoms with Gasteiger partial charge >= 0.3 is 0 Å². The van der Waals surface area contributed by atoms with Gasteiger partial charge in [-0.15, -0.1) is 0 Å². The van der Waals surface area contributed by atoms with E-state index in [1.165, 1.54) is 6.39 Å². The topological polar surface area (TPSA) is 55.9 Å². The summed E-state index contributed by atoms with van der Waals surface area (Å²) in [5.74, 6) is 0.776. The lowest BCUT2D eigenvalue weighted by molar-refractivity contribution is 0.572. The summed E-state index contributed by atoms with van der Waals surface area (Å²) in [5, 5.41) is 3.35. The van der Waals surface area contributed by atoms with Crippen LogP contribution in [-0.4, -0.2) is 14.5 Å². The van der Waals surface area contributed by atoms with Crippen LogP contribution in [0.1, 0.15) is 5.69 Å². The molecule has 96 valence electrons. The minimum atomic E-state index is 0.748. The number of aryl methyl sites for hydroxylation is 1. The SMILES string of the molecule is Cn1cncc1CNc1ccc(-c2cnco2)cc1. The molecule has 0 spiro atoms. The third-order valence-electron chi connectivity index (χ3n) is 2.99. The number of hydrogen-bond donors (Lipinski definition) is 1. The van der Waals surface area contributed by atoms with Crippen LogP contribution in [-0.2, 0) is 13.6 Å². The van der Waals surface area contributed by atoms with E-state index in [0.29, 0.717) is 0 Å². The van der Waals surface area contributed by atoms with E-state index in [-0.39, 0.29) is 0 Å². The Bertz CT molecular complexity index is 640. The minimum Gasteiger partial charge on any atom is -0.444 e. The standard InChI is InChI=1S/C14H14N4O/c1-18-9-15-6-13(18)7-17-12-4-2-11(3-5-12)14-8-16-10-19-14/h2-6,8-10,17H,7H2,1H3. The monoisotopic (exact) mass is 254 g/mol. The molecule has 0 amide bonds. The fraction of sp³-hybridized carbons (Fsp3) is 0.143. The Morgan fingerprint density at radius 1 is 1.16 bits per heavy atom. The summed E-state index contributed by atoms with van der Waals surface area (Å²) < 4.78 is 7.25. The van der Waals surface area contributed by atoms with Crippen molar-refractivity contribution in [2.45, 2.75) is 6.54 Å². The molecule has 5 heteroatoms. The summed E-state index contributed by atoms with van der Waals surface area (Å²) in [6.45, 7) is 0.748. The van der Waals surface area contributed by atoms with E-state index >= 15 is 0 Å². The van der Waals surface area contributed by atoms with E-state index in [1.807, 2.05) is 42.1 Å². The minimum absolute atomic E-state index is 0.748. The highest BCUT2D eigenvalue weighted by Gasteiger charge is 2.02. The largest absolute Gasteiger partial charge is 0.444 e. The number of nitrogens with zero attached hydrogens (tertiary/aromatic N) is 3. The van der Waals surface area contributed by atoms with E-state index in [9.17, 15) is 0 Å². The molecular formula is C14H14N4O. The lowest BCUT2D eigenvalue weighted by atomic mass is 10.1. The average molecular weight is 254 g/mol. The number of rotatable bonds is 4. The summed E-state index contributed by atoms with van der Waals surface area (Å²) in [4.78, 5) is 7.99. The fourth-order valence-electron chi connectivity index (χ4n) is 1.86. The first-order chi connectivity index (χ1) is 9.33. The Morgan fingerprint density at radius 2 is 2.00 bits per heavy atom. The molecule has 2 heterocycles. The Balaban J connectivity index is 1.68. The molecule has 3 aromatic rings. The van der Waals surface area contributed by atoms with Gasteiger partial charge in [-0.2, -0.15) is 0 Å². The molecule has 0 bridgehead atoms. The van der Waals surface area contributed by atoms with Gasteiger partial charge in [-0.25, -0.2) is 9.97 Å². The van der Waals surface area contributed by atoms with Crippen LogP contribution < -0.4 is 5.32 Å². The predicted octanol–water partition coefficient (Wildman–Crippen LogP) is 2.69. The molecule has 19 heavy (non-hydrogen) atoms. The third-order valence-corrected chi connectivity index (χ3v) is 2.99. The van der Waals surface area contributed by atoms with Gasteiger partial charge in [-0.05, 0) is 24.3 Å². The van der Waals surface area contributed by atoms with E-state index in [0.717, 1.165) is 29.2 Å². The van der Waals surface area contributed by atoms with Gasteiger partial charge < -0.3 is 14.3 Å². The quantitative estimate of drug-likeness (QED) is 0.777. The van der Waals surface area contributed by atoms with Crippen molar-refractivity contribution in [3.8, 4) is 11.3 Å². The molecule has 0 radical (unpaired) electrons. The maximum Gasteiger partial charge on any atom is 0.181 e. The summed E-state index contributed by atoms with van der Waals surface area (Å²) in [6, 6.07) is 8.06. The molecule has 0 aliphatic carbocycles.